The molecule has 25 heavy (non-hydrogen) atoms. The number of benzene rings is 1. The van der Waals surface area contributed by atoms with Gasteiger partial charge in [0.15, 0.2) is 6.61 Å². The molecule has 1 amide bonds. The minimum atomic E-state index is -1.02. The highest BCUT2D eigenvalue weighted by molar-refractivity contribution is 7.14. The number of carbonyl (C=O) groups excluding carboxylic acids is 1. The molecule has 130 valence electrons. The van der Waals surface area contributed by atoms with Crippen molar-refractivity contribution < 1.29 is 19.4 Å². The van der Waals surface area contributed by atoms with Gasteiger partial charge in [0.1, 0.15) is 5.75 Å². The number of aryl methyl sites for hydroxylation is 2. The van der Waals surface area contributed by atoms with Crippen molar-refractivity contribution in [3.8, 4) is 5.75 Å². The Balaban J connectivity index is 1.60. The van der Waals surface area contributed by atoms with Crippen LogP contribution in [-0.2, 0) is 17.6 Å². The Hall–Kier alpha value is -2.67. The van der Waals surface area contributed by atoms with Crippen molar-refractivity contribution in [2.45, 2.75) is 26.2 Å². The highest BCUT2D eigenvalue weighted by atomic mass is 32.1. The van der Waals surface area contributed by atoms with Crippen molar-refractivity contribution in [1.82, 2.24) is 5.43 Å². The number of fused-ring (bicyclic) bond motifs is 1. The quantitative estimate of drug-likeness (QED) is 0.614. The van der Waals surface area contributed by atoms with Gasteiger partial charge < -0.3 is 9.84 Å². The SMILES string of the molecule is C/C(=N/NC(=O)c1cc2c(s1)CCC2)c1ccc(OCC(=O)O)cc1. The molecule has 0 bridgehead atoms. The normalized spacial score (nSPS) is 13.4. The average molecular weight is 358 g/mol. The molecule has 0 saturated carbocycles. The van der Waals surface area contributed by atoms with Gasteiger partial charge in [0.05, 0.1) is 10.6 Å². The lowest BCUT2D eigenvalue weighted by molar-refractivity contribution is -0.139. The average Bonchev–Trinajstić information content (AvgIpc) is 3.20. The highest BCUT2D eigenvalue weighted by Gasteiger charge is 2.18. The zero-order valence-electron chi connectivity index (χ0n) is 13.7. The van der Waals surface area contributed by atoms with Crippen LogP contribution in [0.3, 0.4) is 0 Å². The molecule has 0 atom stereocenters. The molecule has 0 unspecified atom stereocenters. The van der Waals surface area contributed by atoms with Crippen molar-refractivity contribution in [2.24, 2.45) is 5.10 Å². The summed E-state index contributed by atoms with van der Waals surface area (Å²) >= 11 is 1.54. The number of hydrogen-bond donors (Lipinski definition) is 2. The smallest absolute Gasteiger partial charge is 0.341 e. The van der Waals surface area contributed by atoms with Gasteiger partial charge in [-0.1, -0.05) is 0 Å². The molecule has 1 aliphatic carbocycles. The van der Waals surface area contributed by atoms with Gasteiger partial charge >= 0.3 is 5.97 Å². The molecule has 6 nitrogen and oxygen atoms in total. The molecule has 0 fully saturated rings. The topological polar surface area (TPSA) is 88.0 Å². The molecule has 0 spiro atoms. The van der Waals surface area contributed by atoms with Gasteiger partial charge in [-0.3, -0.25) is 4.79 Å². The molecular weight excluding hydrogens is 340 g/mol. The summed E-state index contributed by atoms with van der Waals surface area (Å²) in [5, 5.41) is 12.7. The van der Waals surface area contributed by atoms with Crippen molar-refractivity contribution in [3.63, 3.8) is 0 Å². The third kappa shape index (κ3) is 4.24. The van der Waals surface area contributed by atoms with E-state index in [9.17, 15) is 9.59 Å². The second kappa shape index (κ2) is 7.48. The Labute approximate surface area is 149 Å². The molecule has 1 heterocycles. The van der Waals surface area contributed by atoms with Gasteiger partial charge in [0, 0.05) is 4.88 Å². The van der Waals surface area contributed by atoms with E-state index in [4.69, 9.17) is 9.84 Å². The van der Waals surface area contributed by atoms with Crippen LogP contribution in [0.4, 0.5) is 0 Å². The third-order valence-corrected chi connectivity index (χ3v) is 5.17. The van der Waals surface area contributed by atoms with Crippen LogP contribution >= 0.6 is 11.3 Å². The fourth-order valence-electron chi connectivity index (χ4n) is 2.63. The Kier molecular flexibility index (Phi) is 5.14. The fourth-order valence-corrected chi connectivity index (χ4v) is 3.78. The van der Waals surface area contributed by atoms with E-state index in [0.29, 0.717) is 16.3 Å². The lowest BCUT2D eigenvalue weighted by Gasteiger charge is -2.05. The summed E-state index contributed by atoms with van der Waals surface area (Å²) in [5.74, 6) is -0.750. The Morgan fingerprint density at radius 1 is 1.28 bits per heavy atom. The number of carboxylic acid groups (broad SMARTS) is 1. The summed E-state index contributed by atoms with van der Waals surface area (Å²) in [6.07, 6.45) is 3.29. The first-order valence-corrected chi connectivity index (χ1v) is 8.76. The highest BCUT2D eigenvalue weighted by Crippen LogP contribution is 2.30. The molecule has 3 rings (SSSR count). The Morgan fingerprint density at radius 2 is 2.04 bits per heavy atom. The lowest BCUT2D eigenvalue weighted by atomic mass is 10.1. The molecule has 0 radical (unpaired) electrons. The van der Waals surface area contributed by atoms with Crippen LogP contribution in [0.1, 0.15) is 39.0 Å². The second-order valence-electron chi connectivity index (χ2n) is 5.76. The molecule has 0 saturated heterocycles. The number of hydrazone groups is 1. The van der Waals surface area contributed by atoms with E-state index in [1.165, 1.54) is 16.9 Å². The largest absolute Gasteiger partial charge is 0.482 e. The monoisotopic (exact) mass is 358 g/mol. The third-order valence-electron chi connectivity index (χ3n) is 3.93. The van der Waals surface area contributed by atoms with Crippen LogP contribution in [-0.4, -0.2) is 29.3 Å². The summed E-state index contributed by atoms with van der Waals surface area (Å²) in [6, 6.07) is 8.83. The minimum absolute atomic E-state index is 0.194. The first-order valence-electron chi connectivity index (χ1n) is 7.94. The summed E-state index contributed by atoms with van der Waals surface area (Å²) < 4.78 is 5.08. The van der Waals surface area contributed by atoms with E-state index < -0.39 is 5.97 Å². The number of aliphatic carboxylic acids is 1. The lowest BCUT2D eigenvalue weighted by Crippen LogP contribution is -2.18. The summed E-state index contributed by atoms with van der Waals surface area (Å²) in [6.45, 7) is 1.41. The minimum Gasteiger partial charge on any atom is -0.482 e. The number of thiophene rings is 1. The fraction of sp³-hybridized carbons (Fsp3) is 0.278. The van der Waals surface area contributed by atoms with Crippen LogP contribution in [0, 0.1) is 0 Å². The molecule has 1 aliphatic rings. The first kappa shape index (κ1) is 17.2. The predicted molar refractivity (Wildman–Crippen MR) is 95.6 cm³/mol. The number of ether oxygens (including phenoxy) is 1. The summed E-state index contributed by atoms with van der Waals surface area (Å²) in [7, 11) is 0. The Morgan fingerprint density at radius 3 is 2.72 bits per heavy atom. The number of nitrogens with zero attached hydrogens (tertiary/aromatic N) is 1. The molecule has 2 N–H and O–H groups in total. The maximum Gasteiger partial charge on any atom is 0.341 e. The van der Waals surface area contributed by atoms with E-state index in [0.717, 1.165) is 18.4 Å². The van der Waals surface area contributed by atoms with E-state index in [1.54, 1.807) is 42.5 Å². The summed E-state index contributed by atoms with van der Waals surface area (Å²) in [5.41, 5.74) is 5.35. The standard InChI is InChI=1S/C18H18N2O4S/c1-11(12-5-7-14(8-6-12)24-10-17(21)22)19-20-18(23)16-9-13-3-2-4-15(13)25-16/h5-9H,2-4,10H2,1H3,(H,20,23)(H,21,22)/b19-11-. The molecule has 7 heteroatoms. The van der Waals surface area contributed by atoms with Crippen molar-refractivity contribution >= 4 is 28.9 Å². The number of carboxylic acids is 1. The van der Waals surface area contributed by atoms with Gasteiger partial charge in [0.25, 0.3) is 5.91 Å². The van der Waals surface area contributed by atoms with Crippen LogP contribution in [0.15, 0.2) is 35.4 Å². The van der Waals surface area contributed by atoms with E-state index in [1.807, 2.05) is 6.07 Å². The van der Waals surface area contributed by atoms with Crippen molar-refractivity contribution in [3.05, 3.63) is 51.2 Å². The first-order chi connectivity index (χ1) is 12.0. The van der Waals surface area contributed by atoms with E-state index in [-0.39, 0.29) is 12.5 Å². The van der Waals surface area contributed by atoms with E-state index in [2.05, 4.69) is 10.5 Å². The van der Waals surface area contributed by atoms with Crippen molar-refractivity contribution in [2.75, 3.05) is 6.61 Å². The van der Waals surface area contributed by atoms with Gasteiger partial charge in [-0.05, 0) is 67.6 Å². The molecule has 2 aromatic rings. The van der Waals surface area contributed by atoms with Gasteiger partial charge in [-0.25, -0.2) is 10.2 Å². The molecule has 0 aliphatic heterocycles. The maximum absolute atomic E-state index is 12.2. The number of nitrogens with one attached hydrogen (secondary N) is 1. The van der Waals surface area contributed by atoms with Crippen LogP contribution in [0.25, 0.3) is 0 Å². The Bertz CT molecular complexity index is 803. The number of hydrogen-bond acceptors (Lipinski definition) is 5. The zero-order valence-corrected chi connectivity index (χ0v) is 14.6. The predicted octanol–water partition coefficient (Wildman–Crippen LogP) is 2.85. The van der Waals surface area contributed by atoms with Gasteiger partial charge in [0.2, 0.25) is 0 Å². The number of amides is 1. The second-order valence-corrected chi connectivity index (χ2v) is 6.89. The van der Waals surface area contributed by atoms with Crippen LogP contribution in [0.5, 0.6) is 5.75 Å². The van der Waals surface area contributed by atoms with E-state index >= 15 is 0 Å². The summed E-state index contributed by atoms with van der Waals surface area (Å²) in [4.78, 5) is 24.7. The molecule has 1 aromatic heterocycles. The van der Waals surface area contributed by atoms with Crippen molar-refractivity contribution in [1.29, 1.82) is 0 Å². The van der Waals surface area contributed by atoms with Crippen LogP contribution < -0.4 is 10.2 Å². The number of carbonyl (C=O) groups is 2. The maximum atomic E-state index is 12.2. The zero-order chi connectivity index (χ0) is 17.8. The van der Waals surface area contributed by atoms with Gasteiger partial charge in [-0.15, -0.1) is 11.3 Å². The van der Waals surface area contributed by atoms with Crippen LogP contribution in [0.2, 0.25) is 0 Å². The molecule has 1 aromatic carbocycles. The molecular formula is C18H18N2O4S. The number of rotatable bonds is 6. The van der Waals surface area contributed by atoms with Gasteiger partial charge in [-0.2, -0.15) is 5.10 Å².